The molecule has 5 rings (SSSR count). The zero-order valence-corrected chi connectivity index (χ0v) is 17.6. The fraction of sp³-hybridized carbons (Fsp3) is 0.364. The monoisotopic (exact) mass is 453 g/mol. The van der Waals surface area contributed by atoms with Crippen molar-refractivity contribution in [3.63, 3.8) is 0 Å². The van der Waals surface area contributed by atoms with Gasteiger partial charge in [-0.2, -0.15) is 0 Å². The van der Waals surface area contributed by atoms with Crippen LogP contribution in [0.5, 0.6) is 0 Å². The van der Waals surface area contributed by atoms with Crippen molar-refractivity contribution >= 4 is 22.4 Å². The molecule has 170 valence electrons. The average molecular weight is 453 g/mol. The van der Waals surface area contributed by atoms with Gasteiger partial charge in [0.05, 0.1) is 39.6 Å². The Morgan fingerprint density at radius 3 is 2.85 bits per heavy atom. The number of aromatic nitrogens is 2. The van der Waals surface area contributed by atoms with Crippen LogP contribution in [0.3, 0.4) is 0 Å². The lowest BCUT2D eigenvalue weighted by Gasteiger charge is -2.27. The molecule has 33 heavy (non-hydrogen) atoms. The van der Waals surface area contributed by atoms with Crippen LogP contribution < -0.4 is 11.0 Å². The minimum Gasteiger partial charge on any atom is -0.456 e. The lowest BCUT2D eigenvalue weighted by molar-refractivity contribution is -0.383. The van der Waals surface area contributed by atoms with Gasteiger partial charge in [0.15, 0.2) is 11.3 Å². The van der Waals surface area contributed by atoms with Crippen molar-refractivity contribution in [2.24, 2.45) is 4.99 Å². The van der Waals surface area contributed by atoms with Gasteiger partial charge in [-0.15, -0.1) is 0 Å². The van der Waals surface area contributed by atoms with Crippen molar-refractivity contribution in [3.8, 4) is 0 Å². The minimum atomic E-state index is -0.887. The molecule has 0 unspecified atom stereocenters. The number of halogens is 1. The van der Waals surface area contributed by atoms with Gasteiger partial charge in [0.25, 0.3) is 5.56 Å². The summed E-state index contributed by atoms with van der Waals surface area (Å²) in [7, 11) is 0. The van der Waals surface area contributed by atoms with Crippen LogP contribution in [0.25, 0.3) is 11.0 Å². The third kappa shape index (κ3) is 3.95. The summed E-state index contributed by atoms with van der Waals surface area (Å²) >= 11 is 0. The van der Waals surface area contributed by atoms with Crippen molar-refractivity contribution in [2.75, 3.05) is 13.1 Å². The lowest BCUT2D eigenvalue weighted by Crippen LogP contribution is -2.37. The molecule has 1 N–H and O–H groups in total. The van der Waals surface area contributed by atoms with Gasteiger partial charge in [0.1, 0.15) is 5.82 Å². The number of fused-ring (bicyclic) bond motifs is 2. The van der Waals surface area contributed by atoms with Crippen LogP contribution in [0.15, 0.2) is 37.4 Å². The van der Waals surface area contributed by atoms with Gasteiger partial charge in [0.2, 0.25) is 5.58 Å². The standard InChI is InChI=1S/C22H20FN5O5/c23-13-7-14-19(29)12(11-33-20(14)18(8-13)28(31)32)9-27-6-4-16-15(10-27)22(30)26-21(25-16)17-3-1-2-5-24-17/h7-8,11H,1-6,9-10H2,(H,25,26,30). The first-order valence-electron chi connectivity index (χ1n) is 10.7. The van der Waals surface area contributed by atoms with Crippen LogP contribution in [-0.2, 0) is 19.5 Å². The number of H-pyrrole nitrogens is 1. The summed E-state index contributed by atoms with van der Waals surface area (Å²) in [6.07, 6.45) is 4.55. The van der Waals surface area contributed by atoms with Crippen LogP contribution >= 0.6 is 0 Å². The third-order valence-electron chi connectivity index (χ3n) is 6.03. The summed E-state index contributed by atoms with van der Waals surface area (Å²) in [5, 5.41) is 11.0. The molecule has 11 heteroatoms. The molecule has 1 aromatic carbocycles. The molecule has 0 atom stereocenters. The van der Waals surface area contributed by atoms with Crippen molar-refractivity contribution in [1.82, 2.24) is 14.9 Å². The molecule has 0 saturated carbocycles. The summed E-state index contributed by atoms with van der Waals surface area (Å²) in [4.78, 5) is 49.9. The van der Waals surface area contributed by atoms with E-state index in [9.17, 15) is 24.1 Å². The number of aromatic amines is 1. The predicted octanol–water partition coefficient (Wildman–Crippen LogP) is 2.45. The molecule has 0 spiro atoms. The van der Waals surface area contributed by atoms with E-state index in [1.54, 1.807) is 0 Å². The van der Waals surface area contributed by atoms with E-state index in [-0.39, 0.29) is 35.2 Å². The molecule has 0 bridgehead atoms. The van der Waals surface area contributed by atoms with Gasteiger partial charge in [-0.25, -0.2) is 9.37 Å². The number of nitrogens with zero attached hydrogens (tertiary/aromatic N) is 4. The average Bonchev–Trinajstić information content (AvgIpc) is 2.81. The highest BCUT2D eigenvalue weighted by Gasteiger charge is 2.25. The fourth-order valence-electron chi connectivity index (χ4n) is 4.36. The quantitative estimate of drug-likeness (QED) is 0.474. The van der Waals surface area contributed by atoms with E-state index < -0.39 is 21.9 Å². The maximum absolute atomic E-state index is 13.9. The fourth-order valence-corrected chi connectivity index (χ4v) is 4.36. The van der Waals surface area contributed by atoms with E-state index in [4.69, 9.17) is 4.42 Å². The largest absolute Gasteiger partial charge is 0.456 e. The van der Waals surface area contributed by atoms with Crippen LogP contribution in [0, 0.1) is 15.9 Å². The molecule has 4 heterocycles. The smallest absolute Gasteiger partial charge is 0.315 e. The molecule has 2 aromatic heterocycles. The van der Waals surface area contributed by atoms with Crippen LogP contribution in [0.4, 0.5) is 10.1 Å². The van der Waals surface area contributed by atoms with E-state index in [1.807, 2.05) is 4.90 Å². The van der Waals surface area contributed by atoms with Gasteiger partial charge in [-0.3, -0.25) is 29.6 Å². The molecule has 3 aromatic rings. The number of hydrogen-bond donors (Lipinski definition) is 1. The first kappa shape index (κ1) is 21.1. The van der Waals surface area contributed by atoms with Gasteiger partial charge in [-0.05, 0) is 25.3 Å². The Morgan fingerprint density at radius 2 is 2.09 bits per heavy atom. The Hall–Kier alpha value is -3.73. The number of nitro benzene ring substituents is 1. The molecule has 2 aliphatic rings. The highest BCUT2D eigenvalue weighted by molar-refractivity contribution is 5.97. The number of rotatable bonds is 4. The Balaban J connectivity index is 1.43. The Morgan fingerprint density at radius 1 is 1.24 bits per heavy atom. The molecule has 0 amide bonds. The summed E-state index contributed by atoms with van der Waals surface area (Å²) in [6.45, 7) is 1.72. The summed E-state index contributed by atoms with van der Waals surface area (Å²) < 4.78 is 19.2. The van der Waals surface area contributed by atoms with Gasteiger partial charge in [-0.1, -0.05) is 0 Å². The molecule has 0 fully saturated rings. The second-order valence-electron chi connectivity index (χ2n) is 8.23. The summed E-state index contributed by atoms with van der Waals surface area (Å²) in [6, 6.07) is 1.66. The zero-order chi connectivity index (χ0) is 23.1. The third-order valence-corrected chi connectivity index (χ3v) is 6.03. The number of nitrogens with one attached hydrogen (secondary N) is 1. The summed E-state index contributed by atoms with van der Waals surface area (Å²) in [5.41, 5.74) is 0.685. The lowest BCUT2D eigenvalue weighted by atomic mass is 10.0. The molecular formula is C22H20FN5O5. The number of non-ortho nitro benzene ring substituents is 1. The topological polar surface area (TPSA) is 135 Å². The minimum absolute atomic E-state index is 0.149. The van der Waals surface area contributed by atoms with Crippen molar-refractivity contribution in [3.05, 3.63) is 77.5 Å². The molecule has 0 saturated heterocycles. The molecular weight excluding hydrogens is 433 g/mol. The number of hydrogen-bond acceptors (Lipinski definition) is 8. The van der Waals surface area contributed by atoms with Crippen molar-refractivity contribution in [1.29, 1.82) is 0 Å². The van der Waals surface area contributed by atoms with E-state index in [2.05, 4.69) is 15.0 Å². The Kier molecular flexibility index (Phi) is 5.33. The maximum Gasteiger partial charge on any atom is 0.315 e. The van der Waals surface area contributed by atoms with Crippen LogP contribution in [-0.4, -0.2) is 38.6 Å². The highest BCUT2D eigenvalue weighted by atomic mass is 19.1. The number of aliphatic imine (C=N–C) groups is 1. The van der Waals surface area contributed by atoms with E-state index in [0.717, 1.165) is 55.6 Å². The highest BCUT2D eigenvalue weighted by Crippen LogP contribution is 2.26. The second kappa shape index (κ2) is 8.32. The van der Waals surface area contributed by atoms with Crippen LogP contribution in [0.1, 0.15) is 41.9 Å². The van der Waals surface area contributed by atoms with E-state index >= 15 is 0 Å². The van der Waals surface area contributed by atoms with Crippen molar-refractivity contribution < 1.29 is 13.7 Å². The predicted molar refractivity (Wildman–Crippen MR) is 117 cm³/mol. The van der Waals surface area contributed by atoms with E-state index in [1.165, 1.54) is 0 Å². The summed E-state index contributed by atoms with van der Waals surface area (Å²) in [5.74, 6) is -0.354. The van der Waals surface area contributed by atoms with Crippen molar-refractivity contribution in [2.45, 2.75) is 38.8 Å². The van der Waals surface area contributed by atoms with Crippen LogP contribution in [0.2, 0.25) is 0 Å². The number of nitro groups is 1. The van der Waals surface area contributed by atoms with Gasteiger partial charge in [0, 0.05) is 38.2 Å². The molecule has 0 radical (unpaired) electrons. The molecule has 10 nitrogen and oxygen atoms in total. The molecule has 0 aliphatic carbocycles. The second-order valence-corrected chi connectivity index (χ2v) is 8.23. The Labute approximate surface area is 185 Å². The Bertz CT molecular complexity index is 1430. The zero-order valence-electron chi connectivity index (χ0n) is 17.6. The first-order chi connectivity index (χ1) is 15.9. The van der Waals surface area contributed by atoms with E-state index in [0.29, 0.717) is 24.4 Å². The van der Waals surface area contributed by atoms with Gasteiger partial charge < -0.3 is 9.40 Å². The maximum atomic E-state index is 13.9. The molecule has 2 aliphatic heterocycles. The van der Waals surface area contributed by atoms with Gasteiger partial charge >= 0.3 is 5.69 Å². The normalized spacial score (nSPS) is 16.5. The SMILES string of the molecule is O=c1[nH]c(C2=NCCCC2)nc2c1CN(Cc1coc3c([N+](=O)[O-])cc(F)cc3c1=O)CC2. The first-order valence-corrected chi connectivity index (χ1v) is 10.7. The number of benzene rings is 1.